The minimum absolute atomic E-state index is 0.663. The minimum Gasteiger partial charge on any atom is -0.382 e. The average molecular weight is 224 g/mol. The molecule has 0 amide bonds. The van der Waals surface area contributed by atoms with E-state index in [0.717, 1.165) is 10.9 Å². The summed E-state index contributed by atoms with van der Waals surface area (Å²) < 4.78 is 0. The smallest absolute Gasteiger partial charge is 0.0407 e. The molecule has 0 spiro atoms. The molecule has 1 aromatic rings. The van der Waals surface area contributed by atoms with Crippen LogP contribution in [0.3, 0.4) is 0 Å². The zero-order chi connectivity index (χ0) is 10.7. The SMILES string of the molecule is CCC1CCCC1Nc1ccc(Cl)cc1. The minimum atomic E-state index is 0.663. The van der Waals surface area contributed by atoms with E-state index >= 15 is 0 Å². The molecule has 2 rings (SSSR count). The van der Waals surface area contributed by atoms with Gasteiger partial charge in [0, 0.05) is 16.8 Å². The van der Waals surface area contributed by atoms with E-state index in [9.17, 15) is 0 Å². The first-order valence-corrected chi connectivity index (χ1v) is 6.19. The molecule has 0 saturated heterocycles. The third-order valence-corrected chi connectivity index (χ3v) is 3.63. The lowest BCUT2D eigenvalue weighted by Gasteiger charge is -2.20. The highest BCUT2D eigenvalue weighted by Crippen LogP contribution is 2.30. The van der Waals surface area contributed by atoms with Crippen molar-refractivity contribution in [3.05, 3.63) is 29.3 Å². The zero-order valence-corrected chi connectivity index (χ0v) is 9.93. The molecule has 1 aromatic carbocycles. The topological polar surface area (TPSA) is 12.0 Å². The molecule has 1 nitrogen and oxygen atoms in total. The normalized spacial score (nSPS) is 25.5. The van der Waals surface area contributed by atoms with Crippen LogP contribution in [-0.2, 0) is 0 Å². The van der Waals surface area contributed by atoms with Crippen LogP contribution in [-0.4, -0.2) is 6.04 Å². The van der Waals surface area contributed by atoms with Gasteiger partial charge in [0.05, 0.1) is 0 Å². The van der Waals surface area contributed by atoms with Gasteiger partial charge in [0.2, 0.25) is 0 Å². The lowest BCUT2D eigenvalue weighted by Crippen LogP contribution is -2.23. The Morgan fingerprint density at radius 1 is 1.27 bits per heavy atom. The molecule has 1 N–H and O–H groups in total. The van der Waals surface area contributed by atoms with Crippen LogP contribution in [0.1, 0.15) is 32.6 Å². The number of nitrogens with one attached hydrogen (secondary N) is 1. The van der Waals surface area contributed by atoms with E-state index in [1.807, 2.05) is 12.1 Å². The number of halogens is 1. The van der Waals surface area contributed by atoms with Crippen LogP contribution in [0.15, 0.2) is 24.3 Å². The second-order valence-electron chi connectivity index (χ2n) is 4.36. The van der Waals surface area contributed by atoms with Gasteiger partial charge >= 0.3 is 0 Å². The average Bonchev–Trinajstić information content (AvgIpc) is 2.69. The van der Waals surface area contributed by atoms with Crippen molar-refractivity contribution in [2.24, 2.45) is 5.92 Å². The first-order valence-electron chi connectivity index (χ1n) is 5.81. The van der Waals surface area contributed by atoms with Crippen molar-refractivity contribution >= 4 is 17.3 Å². The number of hydrogen-bond acceptors (Lipinski definition) is 1. The number of rotatable bonds is 3. The van der Waals surface area contributed by atoms with E-state index in [0.29, 0.717) is 6.04 Å². The van der Waals surface area contributed by atoms with Crippen LogP contribution in [0, 0.1) is 5.92 Å². The van der Waals surface area contributed by atoms with Crippen molar-refractivity contribution < 1.29 is 0 Å². The molecule has 15 heavy (non-hydrogen) atoms. The molecule has 1 fully saturated rings. The van der Waals surface area contributed by atoms with Crippen molar-refractivity contribution in [2.45, 2.75) is 38.6 Å². The Kier molecular flexibility index (Phi) is 3.53. The van der Waals surface area contributed by atoms with Crippen LogP contribution in [0.2, 0.25) is 5.02 Å². The van der Waals surface area contributed by atoms with Gasteiger partial charge < -0.3 is 5.32 Å². The third kappa shape index (κ3) is 2.66. The summed E-state index contributed by atoms with van der Waals surface area (Å²) in [6.45, 7) is 2.28. The van der Waals surface area contributed by atoms with Crippen molar-refractivity contribution in [3.63, 3.8) is 0 Å². The van der Waals surface area contributed by atoms with Gasteiger partial charge in [-0.3, -0.25) is 0 Å². The summed E-state index contributed by atoms with van der Waals surface area (Å²) in [5.74, 6) is 0.848. The van der Waals surface area contributed by atoms with Gasteiger partial charge in [0.1, 0.15) is 0 Å². The van der Waals surface area contributed by atoms with Crippen LogP contribution in [0.5, 0.6) is 0 Å². The largest absolute Gasteiger partial charge is 0.382 e. The van der Waals surface area contributed by atoms with Crippen LogP contribution in [0.25, 0.3) is 0 Å². The lowest BCUT2D eigenvalue weighted by molar-refractivity contribution is 0.489. The maximum absolute atomic E-state index is 5.86. The Bertz CT molecular complexity index is 307. The fourth-order valence-electron chi connectivity index (χ4n) is 2.48. The molecule has 0 aromatic heterocycles. The highest BCUT2D eigenvalue weighted by molar-refractivity contribution is 6.30. The van der Waals surface area contributed by atoms with Gasteiger partial charge in [-0.2, -0.15) is 0 Å². The summed E-state index contributed by atoms with van der Waals surface area (Å²) in [5, 5.41) is 4.42. The Balaban J connectivity index is 1.99. The quantitative estimate of drug-likeness (QED) is 0.804. The molecule has 1 saturated carbocycles. The second-order valence-corrected chi connectivity index (χ2v) is 4.79. The molecule has 0 bridgehead atoms. The van der Waals surface area contributed by atoms with E-state index in [1.54, 1.807) is 0 Å². The molecule has 2 heteroatoms. The van der Waals surface area contributed by atoms with Gasteiger partial charge in [-0.05, 0) is 43.0 Å². The van der Waals surface area contributed by atoms with Gasteiger partial charge in [-0.1, -0.05) is 31.4 Å². The molecule has 0 radical (unpaired) electrons. The number of benzene rings is 1. The Labute approximate surface area is 96.8 Å². The maximum Gasteiger partial charge on any atom is 0.0407 e. The summed E-state index contributed by atoms with van der Waals surface area (Å²) in [5.41, 5.74) is 1.20. The Morgan fingerprint density at radius 2 is 2.00 bits per heavy atom. The summed E-state index contributed by atoms with van der Waals surface area (Å²) in [6, 6.07) is 8.68. The molecule has 0 heterocycles. The highest BCUT2D eigenvalue weighted by Gasteiger charge is 2.25. The first kappa shape index (κ1) is 10.8. The second kappa shape index (κ2) is 4.89. The van der Waals surface area contributed by atoms with Crippen molar-refractivity contribution in [1.82, 2.24) is 0 Å². The summed E-state index contributed by atoms with van der Waals surface area (Å²) in [6.07, 6.45) is 5.33. The monoisotopic (exact) mass is 223 g/mol. The van der Waals surface area contributed by atoms with E-state index in [1.165, 1.54) is 31.4 Å². The molecule has 1 aliphatic rings. The fourth-order valence-corrected chi connectivity index (χ4v) is 2.60. The van der Waals surface area contributed by atoms with Crippen molar-refractivity contribution in [2.75, 3.05) is 5.32 Å². The predicted molar refractivity (Wildman–Crippen MR) is 66.5 cm³/mol. The number of hydrogen-bond donors (Lipinski definition) is 1. The fraction of sp³-hybridized carbons (Fsp3) is 0.538. The van der Waals surface area contributed by atoms with Crippen molar-refractivity contribution in [1.29, 1.82) is 0 Å². The lowest BCUT2D eigenvalue weighted by atomic mass is 10.0. The highest BCUT2D eigenvalue weighted by atomic mass is 35.5. The number of anilines is 1. The molecular formula is C13H18ClN. The van der Waals surface area contributed by atoms with Gasteiger partial charge in [0.15, 0.2) is 0 Å². The molecule has 2 unspecified atom stereocenters. The zero-order valence-electron chi connectivity index (χ0n) is 9.17. The maximum atomic E-state index is 5.86. The Hall–Kier alpha value is -0.690. The standard InChI is InChI=1S/C13H18ClN/c1-2-10-4-3-5-13(10)15-12-8-6-11(14)7-9-12/h6-10,13,15H,2-5H2,1H3. The van der Waals surface area contributed by atoms with E-state index in [2.05, 4.69) is 24.4 Å². The summed E-state index contributed by atoms with van der Waals surface area (Å²) in [7, 11) is 0. The molecular weight excluding hydrogens is 206 g/mol. The molecule has 2 atom stereocenters. The predicted octanol–water partition coefficient (Wildman–Crippen LogP) is 4.33. The first-order chi connectivity index (χ1) is 7.29. The van der Waals surface area contributed by atoms with Crippen molar-refractivity contribution in [3.8, 4) is 0 Å². The molecule has 82 valence electrons. The van der Waals surface area contributed by atoms with E-state index < -0.39 is 0 Å². The summed E-state index contributed by atoms with van der Waals surface area (Å²) in [4.78, 5) is 0. The van der Waals surface area contributed by atoms with Gasteiger partial charge in [-0.15, -0.1) is 0 Å². The van der Waals surface area contributed by atoms with Crippen LogP contribution in [0.4, 0.5) is 5.69 Å². The molecule has 1 aliphatic carbocycles. The Morgan fingerprint density at radius 3 is 2.67 bits per heavy atom. The van der Waals surface area contributed by atoms with E-state index in [4.69, 9.17) is 11.6 Å². The molecule has 0 aliphatic heterocycles. The van der Waals surface area contributed by atoms with Gasteiger partial charge in [-0.25, -0.2) is 0 Å². The third-order valence-electron chi connectivity index (χ3n) is 3.38. The van der Waals surface area contributed by atoms with Gasteiger partial charge in [0.25, 0.3) is 0 Å². The summed E-state index contributed by atoms with van der Waals surface area (Å²) >= 11 is 5.86. The van der Waals surface area contributed by atoms with Crippen LogP contribution >= 0.6 is 11.6 Å². The van der Waals surface area contributed by atoms with E-state index in [-0.39, 0.29) is 0 Å². The van der Waals surface area contributed by atoms with Crippen LogP contribution < -0.4 is 5.32 Å².